The van der Waals surface area contributed by atoms with Gasteiger partial charge in [-0.05, 0) is 37.2 Å². The molecule has 1 N–H and O–H groups in total. The van der Waals surface area contributed by atoms with Crippen molar-refractivity contribution in [2.75, 3.05) is 6.54 Å². The first-order valence-corrected chi connectivity index (χ1v) is 7.57. The molecule has 0 bridgehead atoms. The van der Waals surface area contributed by atoms with Crippen LogP contribution >= 0.6 is 15.9 Å². The summed E-state index contributed by atoms with van der Waals surface area (Å²) < 4.78 is 16.9. The number of hydrogen-bond acceptors (Lipinski definition) is 2. The summed E-state index contributed by atoms with van der Waals surface area (Å²) in [7, 11) is 1.90. The van der Waals surface area contributed by atoms with Gasteiger partial charge in [0.25, 0.3) is 0 Å². The molecule has 0 amide bonds. The summed E-state index contributed by atoms with van der Waals surface area (Å²) in [4.78, 5) is 0. The Kier molecular flexibility index (Phi) is 4.94. The van der Waals surface area contributed by atoms with E-state index in [1.807, 2.05) is 30.8 Å². The fourth-order valence-corrected chi connectivity index (χ4v) is 2.68. The number of rotatable bonds is 5. The molecule has 0 aliphatic heterocycles. The van der Waals surface area contributed by atoms with Gasteiger partial charge in [0, 0.05) is 17.1 Å². The summed E-state index contributed by atoms with van der Waals surface area (Å²) in [6, 6.07) is 6.86. The molecule has 1 unspecified atom stereocenters. The Balaban J connectivity index is 2.49. The molecule has 0 aliphatic rings. The van der Waals surface area contributed by atoms with Gasteiger partial charge in [0.2, 0.25) is 0 Å². The van der Waals surface area contributed by atoms with Gasteiger partial charge in [-0.1, -0.05) is 29.8 Å². The Morgan fingerprint density at radius 1 is 1.35 bits per heavy atom. The lowest BCUT2D eigenvalue weighted by atomic mass is 10.0. The highest BCUT2D eigenvalue weighted by Crippen LogP contribution is 2.27. The lowest BCUT2D eigenvalue weighted by molar-refractivity contribution is 0.531. The Labute approximate surface area is 127 Å². The summed E-state index contributed by atoms with van der Waals surface area (Å²) in [5, 5.41) is 7.79. The molecular formula is C15H19BrFN3. The lowest BCUT2D eigenvalue weighted by Crippen LogP contribution is -2.25. The van der Waals surface area contributed by atoms with Crippen molar-refractivity contribution >= 4 is 15.9 Å². The monoisotopic (exact) mass is 339 g/mol. The molecule has 1 aromatic carbocycles. The van der Waals surface area contributed by atoms with Crippen LogP contribution in [-0.4, -0.2) is 16.3 Å². The van der Waals surface area contributed by atoms with Gasteiger partial charge in [-0.3, -0.25) is 4.68 Å². The third kappa shape index (κ3) is 3.10. The maximum atomic E-state index is 14.2. The molecular weight excluding hydrogens is 321 g/mol. The van der Waals surface area contributed by atoms with E-state index in [1.54, 1.807) is 6.07 Å². The quantitative estimate of drug-likeness (QED) is 0.902. The van der Waals surface area contributed by atoms with Crippen LogP contribution in [0.2, 0.25) is 0 Å². The highest BCUT2D eigenvalue weighted by atomic mass is 79.9. The van der Waals surface area contributed by atoms with E-state index in [-0.39, 0.29) is 11.9 Å². The van der Waals surface area contributed by atoms with Crippen molar-refractivity contribution in [3.05, 3.63) is 51.5 Å². The van der Waals surface area contributed by atoms with E-state index in [4.69, 9.17) is 0 Å². The molecule has 5 heteroatoms. The van der Waals surface area contributed by atoms with Crippen LogP contribution in [0, 0.1) is 5.82 Å². The average molecular weight is 340 g/mol. The zero-order valence-electron chi connectivity index (χ0n) is 12.0. The third-order valence-electron chi connectivity index (χ3n) is 3.30. The van der Waals surface area contributed by atoms with E-state index >= 15 is 0 Å². The lowest BCUT2D eigenvalue weighted by Gasteiger charge is -2.19. The van der Waals surface area contributed by atoms with Crippen molar-refractivity contribution in [2.24, 2.45) is 7.05 Å². The van der Waals surface area contributed by atoms with E-state index in [9.17, 15) is 4.39 Å². The minimum atomic E-state index is -0.210. The van der Waals surface area contributed by atoms with Gasteiger partial charge in [-0.25, -0.2) is 4.39 Å². The van der Waals surface area contributed by atoms with Crippen LogP contribution in [0.1, 0.15) is 36.8 Å². The molecule has 0 saturated heterocycles. The van der Waals surface area contributed by atoms with Gasteiger partial charge < -0.3 is 5.32 Å². The number of aromatic nitrogens is 2. The van der Waals surface area contributed by atoms with Gasteiger partial charge in [0.1, 0.15) is 5.82 Å². The van der Waals surface area contributed by atoms with Crippen molar-refractivity contribution in [1.82, 2.24) is 15.1 Å². The van der Waals surface area contributed by atoms with Crippen LogP contribution in [0.5, 0.6) is 0 Å². The smallest absolute Gasteiger partial charge is 0.128 e. The van der Waals surface area contributed by atoms with Crippen molar-refractivity contribution in [1.29, 1.82) is 0 Å². The number of aryl methyl sites for hydroxylation is 2. The van der Waals surface area contributed by atoms with E-state index in [0.29, 0.717) is 5.56 Å². The van der Waals surface area contributed by atoms with E-state index < -0.39 is 0 Å². The Bertz CT molecular complexity index is 595. The van der Waals surface area contributed by atoms with Crippen LogP contribution in [0.4, 0.5) is 4.39 Å². The standard InChI is InChI=1S/C15H19BrFN3/c1-4-11-9-14(20(3)19-11)15(18-5-2)12-8-10(16)6-7-13(12)17/h6-9,15,18H,4-5H2,1-3H3. The number of hydrogen-bond donors (Lipinski definition) is 1. The molecule has 1 atom stereocenters. The van der Waals surface area contributed by atoms with Gasteiger partial charge in [-0.15, -0.1) is 0 Å². The predicted molar refractivity (Wildman–Crippen MR) is 82.2 cm³/mol. The molecule has 0 fully saturated rings. The summed E-state index contributed by atoms with van der Waals surface area (Å²) in [6.45, 7) is 4.83. The van der Waals surface area contributed by atoms with Crippen molar-refractivity contribution in [3.8, 4) is 0 Å². The van der Waals surface area contributed by atoms with Gasteiger partial charge in [0.05, 0.1) is 17.4 Å². The van der Waals surface area contributed by atoms with E-state index in [1.165, 1.54) is 6.07 Å². The highest BCUT2D eigenvalue weighted by Gasteiger charge is 2.21. The molecule has 2 aromatic rings. The van der Waals surface area contributed by atoms with Gasteiger partial charge >= 0.3 is 0 Å². The van der Waals surface area contributed by atoms with Crippen LogP contribution < -0.4 is 5.32 Å². The Morgan fingerprint density at radius 2 is 2.10 bits per heavy atom. The molecule has 0 radical (unpaired) electrons. The second kappa shape index (κ2) is 6.50. The first kappa shape index (κ1) is 15.2. The largest absolute Gasteiger partial charge is 0.305 e. The van der Waals surface area contributed by atoms with Gasteiger partial charge in [-0.2, -0.15) is 5.10 Å². The number of nitrogens with one attached hydrogen (secondary N) is 1. The minimum Gasteiger partial charge on any atom is -0.305 e. The third-order valence-corrected chi connectivity index (χ3v) is 3.80. The molecule has 1 heterocycles. The van der Waals surface area contributed by atoms with Crippen molar-refractivity contribution in [3.63, 3.8) is 0 Å². The minimum absolute atomic E-state index is 0.199. The normalized spacial score (nSPS) is 12.7. The summed E-state index contributed by atoms with van der Waals surface area (Å²) in [5.74, 6) is -0.210. The zero-order chi connectivity index (χ0) is 14.7. The first-order valence-electron chi connectivity index (χ1n) is 6.78. The van der Waals surface area contributed by atoms with Gasteiger partial charge in [0.15, 0.2) is 0 Å². The highest BCUT2D eigenvalue weighted by molar-refractivity contribution is 9.10. The number of benzene rings is 1. The molecule has 108 valence electrons. The van der Waals surface area contributed by atoms with E-state index in [2.05, 4.69) is 33.3 Å². The van der Waals surface area contributed by atoms with E-state index in [0.717, 1.165) is 28.8 Å². The van der Waals surface area contributed by atoms with Crippen molar-refractivity contribution in [2.45, 2.75) is 26.3 Å². The molecule has 2 rings (SSSR count). The molecule has 0 spiro atoms. The molecule has 0 aliphatic carbocycles. The van der Waals surface area contributed by atoms with Crippen LogP contribution in [-0.2, 0) is 13.5 Å². The molecule has 3 nitrogen and oxygen atoms in total. The Hall–Kier alpha value is -1.20. The first-order chi connectivity index (χ1) is 9.56. The number of halogens is 2. The second-order valence-electron chi connectivity index (χ2n) is 4.69. The average Bonchev–Trinajstić information content (AvgIpc) is 2.80. The second-order valence-corrected chi connectivity index (χ2v) is 5.61. The maximum absolute atomic E-state index is 14.2. The van der Waals surface area contributed by atoms with Crippen LogP contribution in [0.3, 0.4) is 0 Å². The fourth-order valence-electron chi connectivity index (χ4n) is 2.30. The summed E-state index contributed by atoms with van der Waals surface area (Å²) in [5.41, 5.74) is 2.62. The predicted octanol–water partition coefficient (Wildman–Crippen LogP) is 3.58. The molecule has 1 aromatic heterocycles. The molecule has 20 heavy (non-hydrogen) atoms. The number of nitrogens with zero attached hydrogens (tertiary/aromatic N) is 2. The molecule has 0 saturated carbocycles. The Morgan fingerprint density at radius 3 is 2.70 bits per heavy atom. The van der Waals surface area contributed by atoms with Crippen LogP contribution in [0.15, 0.2) is 28.7 Å². The summed E-state index contributed by atoms with van der Waals surface area (Å²) >= 11 is 3.41. The maximum Gasteiger partial charge on any atom is 0.128 e. The summed E-state index contributed by atoms with van der Waals surface area (Å²) in [6.07, 6.45) is 0.869. The topological polar surface area (TPSA) is 29.9 Å². The fraction of sp³-hybridized carbons (Fsp3) is 0.400. The van der Waals surface area contributed by atoms with Crippen molar-refractivity contribution < 1.29 is 4.39 Å². The zero-order valence-corrected chi connectivity index (χ0v) is 13.5. The SMILES string of the molecule is CCNC(c1cc(Br)ccc1F)c1cc(CC)nn1C. The van der Waals surface area contributed by atoms with Crippen LogP contribution in [0.25, 0.3) is 0 Å².